The van der Waals surface area contributed by atoms with Gasteiger partial charge in [-0.2, -0.15) is 0 Å². The second kappa shape index (κ2) is 8.03. The highest BCUT2D eigenvalue weighted by atomic mass is 32.2. The van der Waals surface area contributed by atoms with Crippen molar-refractivity contribution < 1.29 is 0 Å². The third-order valence-corrected chi connectivity index (χ3v) is 5.91. The van der Waals surface area contributed by atoms with E-state index in [4.69, 9.17) is 0 Å². The number of H-pyrrole nitrogens is 1. The Labute approximate surface area is 160 Å². The quantitative estimate of drug-likeness (QED) is 0.526. The summed E-state index contributed by atoms with van der Waals surface area (Å²) in [5, 5.41) is 1.31. The number of aromatic amines is 1. The van der Waals surface area contributed by atoms with Crippen molar-refractivity contribution in [2.24, 2.45) is 0 Å². The van der Waals surface area contributed by atoms with E-state index in [0.717, 1.165) is 24.1 Å². The SMILES string of the molecule is CSc1ccccc1C#Cc1ccc2[nH]cc(CCN3CCCC3)c2c1. The summed E-state index contributed by atoms with van der Waals surface area (Å²) in [6, 6.07) is 14.8. The molecule has 26 heavy (non-hydrogen) atoms. The minimum atomic E-state index is 1.08. The summed E-state index contributed by atoms with van der Waals surface area (Å²) >= 11 is 1.74. The maximum atomic E-state index is 3.41. The summed E-state index contributed by atoms with van der Waals surface area (Å²) in [7, 11) is 0. The fourth-order valence-electron chi connectivity index (χ4n) is 3.64. The first-order chi connectivity index (χ1) is 12.8. The summed E-state index contributed by atoms with van der Waals surface area (Å²) < 4.78 is 0. The van der Waals surface area contributed by atoms with Gasteiger partial charge >= 0.3 is 0 Å². The zero-order valence-corrected chi connectivity index (χ0v) is 16.0. The van der Waals surface area contributed by atoms with Crippen molar-refractivity contribution in [2.75, 3.05) is 25.9 Å². The molecule has 0 atom stereocenters. The number of hydrogen-bond acceptors (Lipinski definition) is 2. The molecule has 0 aliphatic carbocycles. The first kappa shape index (κ1) is 17.3. The van der Waals surface area contributed by atoms with Crippen LogP contribution in [-0.2, 0) is 6.42 Å². The van der Waals surface area contributed by atoms with E-state index < -0.39 is 0 Å². The number of nitrogens with one attached hydrogen (secondary N) is 1. The topological polar surface area (TPSA) is 19.0 Å². The van der Waals surface area contributed by atoms with Gasteiger partial charge in [-0.1, -0.05) is 24.0 Å². The standard InChI is InChI=1S/C23H24N2S/c1-26-23-7-3-2-6-19(23)10-8-18-9-11-22-21(16-18)20(17-24-22)12-15-25-13-4-5-14-25/h2-3,6-7,9,11,16-17,24H,4-5,12-15H2,1H3. The third kappa shape index (κ3) is 3.82. The van der Waals surface area contributed by atoms with Crippen molar-refractivity contribution in [1.82, 2.24) is 9.88 Å². The largest absolute Gasteiger partial charge is 0.361 e. The Kier molecular flexibility index (Phi) is 5.34. The lowest BCUT2D eigenvalue weighted by molar-refractivity contribution is 0.344. The van der Waals surface area contributed by atoms with Crippen LogP contribution in [0.25, 0.3) is 10.9 Å². The number of rotatable bonds is 4. The maximum Gasteiger partial charge on any atom is 0.0457 e. The van der Waals surface area contributed by atoms with Gasteiger partial charge in [0.1, 0.15) is 0 Å². The molecule has 2 aromatic carbocycles. The van der Waals surface area contributed by atoms with E-state index >= 15 is 0 Å². The van der Waals surface area contributed by atoms with E-state index in [1.54, 1.807) is 11.8 Å². The van der Waals surface area contributed by atoms with Crippen molar-refractivity contribution in [3.63, 3.8) is 0 Å². The molecular weight excluding hydrogens is 336 g/mol. The van der Waals surface area contributed by atoms with E-state index in [-0.39, 0.29) is 0 Å². The zero-order chi connectivity index (χ0) is 17.8. The van der Waals surface area contributed by atoms with Gasteiger partial charge in [-0.3, -0.25) is 0 Å². The van der Waals surface area contributed by atoms with Gasteiger partial charge in [0.25, 0.3) is 0 Å². The summed E-state index contributed by atoms with van der Waals surface area (Å²) in [4.78, 5) is 7.21. The van der Waals surface area contributed by atoms with Gasteiger partial charge in [0.15, 0.2) is 0 Å². The van der Waals surface area contributed by atoms with Crippen LogP contribution in [0.4, 0.5) is 0 Å². The summed E-state index contributed by atoms with van der Waals surface area (Å²) in [5.41, 5.74) is 4.79. The molecule has 0 saturated carbocycles. The van der Waals surface area contributed by atoms with E-state index in [1.165, 1.54) is 47.3 Å². The Hall–Kier alpha value is -2.15. The molecular formula is C23H24N2S. The van der Waals surface area contributed by atoms with Crippen LogP contribution in [0, 0.1) is 11.8 Å². The molecule has 4 rings (SSSR count). The minimum absolute atomic E-state index is 1.08. The molecule has 1 saturated heterocycles. The van der Waals surface area contributed by atoms with Crippen molar-refractivity contribution >= 4 is 22.7 Å². The van der Waals surface area contributed by atoms with Crippen LogP contribution < -0.4 is 0 Å². The number of nitrogens with zero attached hydrogens (tertiary/aromatic N) is 1. The van der Waals surface area contributed by atoms with Gasteiger partial charge < -0.3 is 9.88 Å². The Balaban J connectivity index is 1.57. The van der Waals surface area contributed by atoms with Crippen LogP contribution in [0.15, 0.2) is 53.6 Å². The highest BCUT2D eigenvalue weighted by Gasteiger charge is 2.12. The van der Waals surface area contributed by atoms with E-state index in [0.29, 0.717) is 0 Å². The molecule has 1 aromatic heterocycles. The van der Waals surface area contributed by atoms with E-state index in [9.17, 15) is 0 Å². The Morgan fingerprint density at radius 2 is 1.92 bits per heavy atom. The molecule has 132 valence electrons. The van der Waals surface area contributed by atoms with Gasteiger partial charge in [0, 0.05) is 39.7 Å². The Bertz CT molecular complexity index is 955. The molecule has 2 nitrogen and oxygen atoms in total. The average Bonchev–Trinajstić information content (AvgIpc) is 3.34. The van der Waals surface area contributed by atoms with Crippen LogP contribution in [0.3, 0.4) is 0 Å². The van der Waals surface area contributed by atoms with Crippen molar-refractivity contribution in [3.8, 4) is 11.8 Å². The van der Waals surface area contributed by atoms with Crippen LogP contribution in [-0.4, -0.2) is 35.8 Å². The molecule has 0 radical (unpaired) electrons. The molecule has 0 unspecified atom stereocenters. The molecule has 0 bridgehead atoms. The Morgan fingerprint density at radius 3 is 2.77 bits per heavy atom. The molecule has 1 N–H and O–H groups in total. The smallest absolute Gasteiger partial charge is 0.0457 e. The number of benzene rings is 2. The molecule has 3 heteroatoms. The number of fused-ring (bicyclic) bond motifs is 1. The van der Waals surface area contributed by atoms with Crippen molar-refractivity contribution in [2.45, 2.75) is 24.2 Å². The van der Waals surface area contributed by atoms with Gasteiger partial charge in [-0.15, -0.1) is 11.8 Å². The summed E-state index contributed by atoms with van der Waals surface area (Å²) in [5.74, 6) is 6.70. The van der Waals surface area contributed by atoms with Gasteiger partial charge in [0.2, 0.25) is 0 Å². The second-order valence-corrected chi connectivity index (χ2v) is 7.67. The molecule has 0 amide bonds. The summed E-state index contributed by atoms with van der Waals surface area (Å²) in [6.45, 7) is 3.67. The first-order valence-electron chi connectivity index (χ1n) is 9.31. The lowest BCUT2D eigenvalue weighted by Crippen LogP contribution is -2.21. The van der Waals surface area contributed by atoms with Gasteiger partial charge in [0.05, 0.1) is 0 Å². The van der Waals surface area contributed by atoms with E-state index in [2.05, 4.69) is 76.6 Å². The molecule has 1 aliphatic heterocycles. The summed E-state index contributed by atoms with van der Waals surface area (Å²) in [6.07, 6.45) is 8.07. The average molecular weight is 361 g/mol. The Morgan fingerprint density at radius 1 is 1.08 bits per heavy atom. The highest BCUT2D eigenvalue weighted by molar-refractivity contribution is 7.98. The lowest BCUT2D eigenvalue weighted by Gasteiger charge is -2.13. The predicted molar refractivity (Wildman–Crippen MR) is 112 cm³/mol. The van der Waals surface area contributed by atoms with E-state index in [1.807, 2.05) is 0 Å². The third-order valence-electron chi connectivity index (χ3n) is 5.11. The van der Waals surface area contributed by atoms with Crippen LogP contribution in [0.2, 0.25) is 0 Å². The van der Waals surface area contributed by atoms with Gasteiger partial charge in [-0.25, -0.2) is 0 Å². The molecule has 0 spiro atoms. The molecule has 3 aromatic rings. The lowest BCUT2D eigenvalue weighted by atomic mass is 10.1. The second-order valence-electron chi connectivity index (χ2n) is 6.82. The number of aromatic nitrogens is 1. The minimum Gasteiger partial charge on any atom is -0.361 e. The number of thioether (sulfide) groups is 1. The van der Waals surface area contributed by atoms with Crippen molar-refractivity contribution in [1.29, 1.82) is 0 Å². The fourth-order valence-corrected chi connectivity index (χ4v) is 4.19. The normalized spacial score (nSPS) is 14.5. The first-order valence-corrected chi connectivity index (χ1v) is 10.5. The predicted octanol–water partition coefficient (Wildman–Crippen LogP) is 4.93. The van der Waals surface area contributed by atoms with Crippen LogP contribution >= 0.6 is 11.8 Å². The zero-order valence-electron chi connectivity index (χ0n) is 15.2. The fraction of sp³-hybridized carbons (Fsp3) is 0.304. The van der Waals surface area contributed by atoms with Crippen LogP contribution in [0.5, 0.6) is 0 Å². The molecule has 1 fully saturated rings. The molecule has 1 aliphatic rings. The maximum absolute atomic E-state index is 3.41. The monoisotopic (exact) mass is 360 g/mol. The van der Waals surface area contributed by atoms with Crippen molar-refractivity contribution in [3.05, 3.63) is 65.4 Å². The highest BCUT2D eigenvalue weighted by Crippen LogP contribution is 2.22. The number of likely N-dealkylation sites (tertiary alicyclic amines) is 1. The van der Waals surface area contributed by atoms with Gasteiger partial charge in [-0.05, 0) is 74.5 Å². The number of hydrogen-bond donors (Lipinski definition) is 1. The van der Waals surface area contributed by atoms with Crippen LogP contribution in [0.1, 0.15) is 29.5 Å². The molecule has 2 heterocycles.